The third-order valence-electron chi connectivity index (χ3n) is 4.46. The number of aliphatic imine (C=N–C) groups is 1. The van der Waals surface area contributed by atoms with Crippen LogP contribution in [0.5, 0.6) is 11.5 Å². The number of fused-ring (bicyclic) bond motifs is 6. The molecular weight excluding hydrogens is 302 g/mol. The topological polar surface area (TPSA) is 21.6 Å². The molecule has 0 atom stereocenters. The minimum absolute atomic E-state index is 0.302. The molecule has 5 rings (SSSR count). The van der Waals surface area contributed by atoms with Crippen LogP contribution in [0.25, 0.3) is 0 Å². The van der Waals surface area contributed by atoms with Gasteiger partial charge in [0.25, 0.3) is 0 Å². The van der Waals surface area contributed by atoms with Crippen molar-refractivity contribution in [1.29, 1.82) is 0 Å². The molecule has 0 bridgehead atoms. The normalized spacial score (nSPS) is 16.2. The Morgan fingerprint density at radius 1 is 0.696 bits per heavy atom. The van der Waals surface area contributed by atoms with Crippen molar-refractivity contribution in [3.8, 4) is 11.5 Å². The van der Waals surface area contributed by atoms with Crippen molar-refractivity contribution in [1.82, 2.24) is 0 Å². The first kappa shape index (κ1) is 13.0. The van der Waals surface area contributed by atoms with Gasteiger partial charge in [-0.2, -0.15) is 0 Å². The molecule has 2 heterocycles. The van der Waals surface area contributed by atoms with Crippen molar-refractivity contribution in [3.63, 3.8) is 0 Å². The molecule has 0 saturated carbocycles. The highest BCUT2D eigenvalue weighted by Crippen LogP contribution is 2.59. The predicted molar refractivity (Wildman–Crippen MR) is 95.0 cm³/mol. The van der Waals surface area contributed by atoms with Crippen LogP contribution in [0.4, 0.5) is 5.69 Å². The van der Waals surface area contributed by atoms with Crippen LogP contribution in [-0.2, 0) is 4.75 Å². The van der Waals surface area contributed by atoms with Gasteiger partial charge in [0.1, 0.15) is 16.2 Å². The molecule has 3 aromatic carbocycles. The molecule has 0 aliphatic carbocycles. The van der Waals surface area contributed by atoms with E-state index in [1.54, 1.807) is 11.8 Å². The first-order valence-corrected chi connectivity index (χ1v) is 8.44. The van der Waals surface area contributed by atoms with Crippen LogP contribution in [-0.4, -0.2) is 5.55 Å². The second-order valence-corrected chi connectivity index (χ2v) is 6.70. The van der Waals surface area contributed by atoms with Crippen molar-refractivity contribution in [2.24, 2.45) is 4.99 Å². The average Bonchev–Trinajstić information content (AvgIpc) is 2.62. The lowest BCUT2D eigenvalue weighted by molar-refractivity contribution is 0.447. The molecule has 0 amide bonds. The van der Waals surface area contributed by atoms with Crippen molar-refractivity contribution in [3.05, 3.63) is 89.5 Å². The van der Waals surface area contributed by atoms with E-state index in [4.69, 9.17) is 4.74 Å². The van der Waals surface area contributed by atoms with Gasteiger partial charge in [-0.3, -0.25) is 0 Å². The Bertz CT molecular complexity index is 902. The molecular formula is C20H13NOS. The summed E-state index contributed by atoms with van der Waals surface area (Å²) in [6.45, 7) is 0. The van der Waals surface area contributed by atoms with E-state index >= 15 is 0 Å². The molecule has 2 aliphatic rings. The van der Waals surface area contributed by atoms with Gasteiger partial charge in [0.2, 0.25) is 0 Å². The van der Waals surface area contributed by atoms with Crippen LogP contribution >= 0.6 is 11.8 Å². The van der Waals surface area contributed by atoms with E-state index in [-0.39, 0.29) is 4.75 Å². The molecule has 0 unspecified atom stereocenters. The van der Waals surface area contributed by atoms with Crippen LogP contribution in [0, 0.1) is 0 Å². The number of ether oxygens (including phenoxy) is 1. The number of thioether (sulfide) groups is 1. The van der Waals surface area contributed by atoms with E-state index < -0.39 is 0 Å². The van der Waals surface area contributed by atoms with Crippen molar-refractivity contribution < 1.29 is 4.74 Å². The third-order valence-corrected chi connectivity index (χ3v) is 5.68. The zero-order valence-electron chi connectivity index (χ0n) is 12.3. The molecule has 2 aliphatic heterocycles. The van der Waals surface area contributed by atoms with Gasteiger partial charge in [0, 0.05) is 16.7 Å². The zero-order valence-corrected chi connectivity index (χ0v) is 13.1. The summed E-state index contributed by atoms with van der Waals surface area (Å²) in [5.74, 6) is 1.84. The summed E-state index contributed by atoms with van der Waals surface area (Å²) >= 11 is 1.74. The maximum Gasteiger partial charge on any atom is 0.132 e. The molecule has 23 heavy (non-hydrogen) atoms. The summed E-state index contributed by atoms with van der Waals surface area (Å²) < 4.78 is 5.86. The average molecular weight is 315 g/mol. The van der Waals surface area contributed by atoms with Gasteiger partial charge in [-0.15, -0.1) is 0 Å². The molecule has 3 aromatic rings. The summed E-state index contributed by atoms with van der Waals surface area (Å²) in [6.07, 6.45) is 0. The standard InChI is InChI=1S/C20H13NOS/c1-4-10-17-14(7-1)20(23-13-21-17)15-8-2-5-11-18(15)22-19-12-6-3-9-16(19)20/h1-13H. The molecule has 110 valence electrons. The summed E-state index contributed by atoms with van der Waals surface area (Å²) in [5, 5.41) is 0. The van der Waals surface area contributed by atoms with E-state index in [0.717, 1.165) is 17.2 Å². The molecule has 0 saturated heterocycles. The van der Waals surface area contributed by atoms with Gasteiger partial charge < -0.3 is 4.74 Å². The summed E-state index contributed by atoms with van der Waals surface area (Å²) in [5.41, 5.74) is 6.57. The number of hydrogen-bond donors (Lipinski definition) is 0. The maximum atomic E-state index is 6.16. The highest BCUT2D eigenvalue weighted by atomic mass is 32.2. The molecule has 0 N–H and O–H groups in total. The largest absolute Gasteiger partial charge is 0.457 e. The monoisotopic (exact) mass is 315 g/mol. The minimum Gasteiger partial charge on any atom is -0.457 e. The van der Waals surface area contributed by atoms with Crippen molar-refractivity contribution in [2.45, 2.75) is 4.75 Å². The summed E-state index contributed by atoms with van der Waals surface area (Å²) in [7, 11) is 0. The first-order valence-electron chi connectivity index (χ1n) is 7.56. The van der Waals surface area contributed by atoms with Crippen LogP contribution in [0.3, 0.4) is 0 Å². The van der Waals surface area contributed by atoms with Crippen molar-refractivity contribution >= 4 is 23.0 Å². The van der Waals surface area contributed by atoms with Crippen LogP contribution in [0.1, 0.15) is 16.7 Å². The molecule has 0 fully saturated rings. The summed E-state index contributed by atoms with van der Waals surface area (Å²) in [6, 6.07) is 25.0. The lowest BCUT2D eigenvalue weighted by Gasteiger charge is -2.41. The molecule has 1 spiro atoms. The van der Waals surface area contributed by atoms with E-state index in [1.165, 1.54) is 16.7 Å². The fraction of sp³-hybridized carbons (Fsp3) is 0.0500. The van der Waals surface area contributed by atoms with Gasteiger partial charge in [-0.05, 0) is 18.2 Å². The van der Waals surface area contributed by atoms with Crippen LogP contribution in [0.15, 0.2) is 77.8 Å². The Morgan fingerprint density at radius 2 is 1.26 bits per heavy atom. The Labute approximate surface area is 138 Å². The Balaban J connectivity index is 1.92. The number of hydrogen-bond acceptors (Lipinski definition) is 3. The van der Waals surface area contributed by atoms with Gasteiger partial charge in [0.05, 0.1) is 11.2 Å². The number of para-hydroxylation sites is 3. The van der Waals surface area contributed by atoms with Crippen molar-refractivity contribution in [2.75, 3.05) is 0 Å². The number of nitrogens with zero attached hydrogens (tertiary/aromatic N) is 1. The van der Waals surface area contributed by atoms with E-state index in [2.05, 4.69) is 47.5 Å². The quantitative estimate of drug-likeness (QED) is 0.547. The predicted octanol–water partition coefficient (Wildman–Crippen LogP) is 5.49. The van der Waals surface area contributed by atoms with Crippen LogP contribution in [0.2, 0.25) is 0 Å². The maximum absolute atomic E-state index is 6.16. The second kappa shape index (κ2) is 4.74. The van der Waals surface area contributed by atoms with Crippen LogP contribution < -0.4 is 4.74 Å². The molecule has 3 heteroatoms. The van der Waals surface area contributed by atoms with Gasteiger partial charge in [-0.25, -0.2) is 4.99 Å². The van der Waals surface area contributed by atoms with Gasteiger partial charge in [0.15, 0.2) is 0 Å². The van der Waals surface area contributed by atoms with E-state index in [1.807, 2.05) is 35.9 Å². The number of rotatable bonds is 0. The van der Waals surface area contributed by atoms with Gasteiger partial charge >= 0.3 is 0 Å². The second-order valence-electron chi connectivity index (χ2n) is 5.65. The Hall–Kier alpha value is -2.52. The SMILES string of the molecule is C1=Nc2ccccc2C2(S1)c1ccccc1Oc1ccccc12. The first-order chi connectivity index (χ1) is 11.4. The van der Waals surface area contributed by atoms with Gasteiger partial charge in [-0.1, -0.05) is 66.4 Å². The molecule has 0 aromatic heterocycles. The highest BCUT2D eigenvalue weighted by molar-refractivity contribution is 8.13. The lowest BCUT2D eigenvalue weighted by atomic mass is 9.80. The fourth-order valence-corrected chi connectivity index (χ4v) is 4.70. The zero-order chi connectivity index (χ0) is 15.3. The third kappa shape index (κ3) is 1.68. The molecule has 2 nitrogen and oxygen atoms in total. The van der Waals surface area contributed by atoms with E-state index in [0.29, 0.717) is 0 Å². The summed E-state index contributed by atoms with van der Waals surface area (Å²) in [4.78, 5) is 4.59. The fourth-order valence-electron chi connectivity index (χ4n) is 3.48. The highest BCUT2D eigenvalue weighted by Gasteiger charge is 2.46. The van der Waals surface area contributed by atoms with E-state index in [9.17, 15) is 0 Å². The minimum atomic E-state index is -0.302. The Morgan fingerprint density at radius 3 is 1.96 bits per heavy atom. The Kier molecular flexibility index (Phi) is 2.67. The number of benzene rings is 3. The lowest BCUT2D eigenvalue weighted by Crippen LogP contribution is -2.30. The smallest absolute Gasteiger partial charge is 0.132 e. The molecule has 0 radical (unpaired) electrons.